The van der Waals surface area contributed by atoms with Crippen LogP contribution in [0, 0.1) is 17.6 Å². The number of benzene rings is 1. The van der Waals surface area contributed by atoms with Crippen LogP contribution in [0.15, 0.2) is 18.2 Å². The molecule has 4 nitrogen and oxygen atoms in total. The Kier molecular flexibility index (Phi) is 4.67. The highest BCUT2D eigenvalue weighted by Gasteiger charge is 2.30. The maximum absolute atomic E-state index is 13.6. The van der Waals surface area contributed by atoms with Crippen LogP contribution in [-0.4, -0.2) is 40.9 Å². The van der Waals surface area contributed by atoms with Crippen molar-refractivity contribution in [3.05, 3.63) is 35.4 Å². The number of carbonyl (C=O) groups is 2. The third-order valence-electron chi connectivity index (χ3n) is 4.00. The van der Waals surface area contributed by atoms with E-state index in [4.69, 9.17) is 5.11 Å². The van der Waals surface area contributed by atoms with Crippen molar-refractivity contribution < 1.29 is 23.5 Å². The van der Waals surface area contributed by atoms with Gasteiger partial charge in [0.15, 0.2) is 5.78 Å². The van der Waals surface area contributed by atoms with E-state index in [0.717, 1.165) is 18.2 Å². The molecule has 1 aliphatic heterocycles. The molecule has 114 valence electrons. The summed E-state index contributed by atoms with van der Waals surface area (Å²) in [5.41, 5.74) is -0.261. The Bertz CT molecular complexity index is 554. The van der Waals surface area contributed by atoms with Gasteiger partial charge in [0.25, 0.3) is 0 Å². The lowest BCUT2D eigenvalue weighted by atomic mass is 9.94. The Balaban J connectivity index is 2.06. The second-order valence-electron chi connectivity index (χ2n) is 5.31. The highest BCUT2D eigenvalue weighted by atomic mass is 19.1. The molecule has 1 aromatic carbocycles. The molecule has 1 N–H and O–H groups in total. The number of aliphatic carboxylic acids is 1. The SMILES string of the molecule is CC(C(=O)c1cc(F)ccc1F)N1CCC(C(=O)O)CC1. The number of rotatable bonds is 4. The van der Waals surface area contributed by atoms with Crippen LogP contribution in [0.5, 0.6) is 0 Å². The summed E-state index contributed by atoms with van der Waals surface area (Å²) in [6, 6.07) is 2.20. The van der Waals surface area contributed by atoms with E-state index in [1.54, 1.807) is 6.92 Å². The van der Waals surface area contributed by atoms with Crippen LogP contribution in [0.4, 0.5) is 8.78 Å². The smallest absolute Gasteiger partial charge is 0.306 e. The zero-order valence-electron chi connectivity index (χ0n) is 11.7. The maximum atomic E-state index is 13.6. The molecule has 0 spiro atoms. The quantitative estimate of drug-likeness (QED) is 0.867. The van der Waals surface area contributed by atoms with Crippen LogP contribution >= 0.6 is 0 Å². The molecule has 1 saturated heterocycles. The third kappa shape index (κ3) is 3.44. The fourth-order valence-corrected chi connectivity index (χ4v) is 2.61. The van der Waals surface area contributed by atoms with E-state index in [9.17, 15) is 18.4 Å². The number of halogens is 2. The standard InChI is InChI=1S/C15H17F2NO3/c1-9(18-6-4-10(5-7-18)15(20)21)14(19)12-8-11(16)2-3-13(12)17/h2-3,8-10H,4-7H2,1H3,(H,20,21). The first kappa shape index (κ1) is 15.6. The average Bonchev–Trinajstić information content (AvgIpc) is 2.48. The van der Waals surface area contributed by atoms with Gasteiger partial charge in [-0.3, -0.25) is 14.5 Å². The van der Waals surface area contributed by atoms with E-state index >= 15 is 0 Å². The van der Waals surface area contributed by atoms with Crippen molar-refractivity contribution in [1.29, 1.82) is 0 Å². The minimum absolute atomic E-state index is 0.261. The van der Waals surface area contributed by atoms with E-state index in [1.807, 2.05) is 4.90 Å². The predicted octanol–water partition coefficient (Wildman–Crippen LogP) is 2.33. The van der Waals surface area contributed by atoms with Crippen LogP contribution in [0.25, 0.3) is 0 Å². The van der Waals surface area contributed by atoms with Gasteiger partial charge in [-0.1, -0.05) is 0 Å². The first-order valence-electron chi connectivity index (χ1n) is 6.86. The Morgan fingerprint density at radius 1 is 1.29 bits per heavy atom. The number of piperidine rings is 1. The molecule has 0 amide bonds. The Morgan fingerprint density at radius 3 is 2.48 bits per heavy atom. The zero-order valence-corrected chi connectivity index (χ0v) is 11.7. The van der Waals surface area contributed by atoms with Gasteiger partial charge in [0.1, 0.15) is 11.6 Å². The Morgan fingerprint density at radius 2 is 1.90 bits per heavy atom. The summed E-state index contributed by atoms with van der Waals surface area (Å²) < 4.78 is 26.8. The van der Waals surface area contributed by atoms with Crippen molar-refractivity contribution in [3.8, 4) is 0 Å². The van der Waals surface area contributed by atoms with Gasteiger partial charge < -0.3 is 5.11 Å². The highest BCUT2D eigenvalue weighted by Crippen LogP contribution is 2.21. The van der Waals surface area contributed by atoms with Gasteiger partial charge in [-0.15, -0.1) is 0 Å². The first-order chi connectivity index (χ1) is 9.90. The topological polar surface area (TPSA) is 57.6 Å². The van der Waals surface area contributed by atoms with Crippen molar-refractivity contribution in [1.82, 2.24) is 4.90 Å². The van der Waals surface area contributed by atoms with Crippen molar-refractivity contribution in [3.63, 3.8) is 0 Å². The number of hydrogen-bond donors (Lipinski definition) is 1. The molecule has 0 bridgehead atoms. The van der Waals surface area contributed by atoms with Gasteiger partial charge in [0.2, 0.25) is 0 Å². The summed E-state index contributed by atoms with van der Waals surface area (Å²) in [7, 11) is 0. The molecule has 2 rings (SSSR count). The Hall–Kier alpha value is -1.82. The number of carboxylic acid groups (broad SMARTS) is 1. The number of ketones is 1. The summed E-state index contributed by atoms with van der Waals surface area (Å²) in [6.45, 7) is 2.55. The van der Waals surface area contributed by atoms with Crippen molar-refractivity contribution in [2.75, 3.05) is 13.1 Å². The third-order valence-corrected chi connectivity index (χ3v) is 4.00. The fourth-order valence-electron chi connectivity index (χ4n) is 2.61. The van der Waals surface area contributed by atoms with Gasteiger partial charge in [0.05, 0.1) is 17.5 Å². The lowest BCUT2D eigenvalue weighted by Crippen LogP contribution is -2.45. The molecule has 1 heterocycles. The zero-order chi connectivity index (χ0) is 15.6. The van der Waals surface area contributed by atoms with Crippen LogP contribution in [-0.2, 0) is 4.79 Å². The second kappa shape index (κ2) is 6.30. The number of carboxylic acids is 1. The fraction of sp³-hybridized carbons (Fsp3) is 0.467. The van der Waals surface area contributed by atoms with Crippen LogP contribution in [0.2, 0.25) is 0 Å². The molecule has 1 aromatic rings. The summed E-state index contributed by atoms with van der Waals surface area (Å²) >= 11 is 0. The van der Waals surface area contributed by atoms with Gasteiger partial charge in [-0.25, -0.2) is 8.78 Å². The lowest BCUT2D eigenvalue weighted by Gasteiger charge is -2.33. The van der Waals surface area contributed by atoms with E-state index in [2.05, 4.69) is 0 Å². The molecule has 21 heavy (non-hydrogen) atoms. The minimum Gasteiger partial charge on any atom is -0.481 e. The average molecular weight is 297 g/mol. The van der Waals surface area contributed by atoms with Gasteiger partial charge in [0, 0.05) is 0 Å². The monoisotopic (exact) mass is 297 g/mol. The highest BCUT2D eigenvalue weighted by molar-refractivity contribution is 6.00. The van der Waals surface area contributed by atoms with Gasteiger partial charge in [-0.05, 0) is 51.1 Å². The number of likely N-dealkylation sites (tertiary alicyclic amines) is 1. The van der Waals surface area contributed by atoms with Gasteiger partial charge in [-0.2, -0.15) is 0 Å². The molecule has 0 aromatic heterocycles. The molecule has 1 unspecified atom stereocenters. The largest absolute Gasteiger partial charge is 0.481 e. The van der Waals surface area contributed by atoms with Crippen LogP contribution < -0.4 is 0 Å². The lowest BCUT2D eigenvalue weighted by molar-refractivity contribution is -0.143. The molecule has 6 heteroatoms. The normalized spacial score (nSPS) is 18.4. The van der Waals surface area contributed by atoms with Gasteiger partial charge >= 0.3 is 5.97 Å². The Labute approximate surface area is 121 Å². The molecule has 1 fully saturated rings. The van der Waals surface area contributed by atoms with Crippen LogP contribution in [0.3, 0.4) is 0 Å². The molecule has 1 aliphatic rings. The molecule has 0 saturated carbocycles. The number of nitrogens with zero attached hydrogens (tertiary/aromatic N) is 1. The van der Waals surface area contributed by atoms with Crippen molar-refractivity contribution >= 4 is 11.8 Å². The number of carbonyl (C=O) groups excluding carboxylic acids is 1. The van der Waals surface area contributed by atoms with E-state index in [0.29, 0.717) is 25.9 Å². The van der Waals surface area contributed by atoms with E-state index in [-0.39, 0.29) is 5.56 Å². The summed E-state index contributed by atoms with van der Waals surface area (Å²) in [6.07, 6.45) is 0.914. The number of Topliss-reactive ketones (excluding diaryl/α,β-unsaturated/α-hetero) is 1. The summed E-state index contributed by atoms with van der Waals surface area (Å²) in [4.78, 5) is 25.0. The predicted molar refractivity (Wildman–Crippen MR) is 72.1 cm³/mol. The van der Waals surface area contributed by atoms with Crippen molar-refractivity contribution in [2.24, 2.45) is 5.92 Å². The first-order valence-corrected chi connectivity index (χ1v) is 6.86. The van der Waals surface area contributed by atoms with Crippen LogP contribution in [0.1, 0.15) is 30.1 Å². The molecule has 0 radical (unpaired) electrons. The maximum Gasteiger partial charge on any atom is 0.306 e. The van der Waals surface area contributed by atoms with E-state index < -0.39 is 35.3 Å². The second-order valence-corrected chi connectivity index (χ2v) is 5.31. The number of hydrogen-bond acceptors (Lipinski definition) is 3. The summed E-state index contributed by atoms with van der Waals surface area (Å²) in [5, 5.41) is 8.94. The molecular weight excluding hydrogens is 280 g/mol. The summed E-state index contributed by atoms with van der Waals surface area (Å²) in [5.74, 6) is -3.11. The molecule has 1 atom stereocenters. The van der Waals surface area contributed by atoms with Crippen molar-refractivity contribution in [2.45, 2.75) is 25.8 Å². The molecule has 0 aliphatic carbocycles. The molecular formula is C15H17F2NO3. The van der Waals surface area contributed by atoms with E-state index in [1.165, 1.54) is 0 Å². The minimum atomic E-state index is -0.829.